The van der Waals surface area contributed by atoms with Gasteiger partial charge in [0, 0.05) is 23.3 Å². The highest BCUT2D eigenvalue weighted by atomic mass is 16.2. The average molecular weight is 409 g/mol. The Kier molecular flexibility index (Phi) is 4.66. The van der Waals surface area contributed by atoms with Crippen molar-refractivity contribution in [3.8, 4) is 0 Å². The van der Waals surface area contributed by atoms with Gasteiger partial charge in [-0.15, -0.1) is 0 Å². The first-order chi connectivity index (χ1) is 15.0. The van der Waals surface area contributed by atoms with Crippen LogP contribution in [-0.2, 0) is 13.0 Å². The highest BCUT2D eigenvalue weighted by Crippen LogP contribution is 2.33. The second-order valence-corrected chi connectivity index (χ2v) is 8.21. The summed E-state index contributed by atoms with van der Waals surface area (Å²) in [6.07, 6.45) is 2.46. The molecule has 4 aromatic rings. The number of hydrogen-bond donors (Lipinski definition) is 0. The summed E-state index contributed by atoms with van der Waals surface area (Å²) in [5.74, 6) is -0.258. The molecule has 2 aromatic heterocycles. The van der Waals surface area contributed by atoms with E-state index in [1.165, 1.54) is 0 Å². The van der Waals surface area contributed by atoms with Gasteiger partial charge in [-0.05, 0) is 55.7 Å². The van der Waals surface area contributed by atoms with Crippen LogP contribution in [0.4, 0.5) is 5.69 Å². The van der Waals surface area contributed by atoms with Gasteiger partial charge < -0.3 is 4.90 Å². The van der Waals surface area contributed by atoms with Gasteiger partial charge in [0.25, 0.3) is 11.5 Å². The smallest absolute Gasteiger partial charge is 0.265 e. The lowest BCUT2D eigenvalue weighted by atomic mass is 10.1. The second-order valence-electron chi connectivity index (χ2n) is 8.21. The Labute approximate surface area is 180 Å². The first-order valence-electron chi connectivity index (χ1n) is 10.5. The molecule has 0 saturated carbocycles. The Bertz CT molecular complexity index is 1360. The minimum absolute atomic E-state index is 0.000515. The summed E-state index contributed by atoms with van der Waals surface area (Å²) in [5.41, 5.74) is 4.61. The van der Waals surface area contributed by atoms with Gasteiger partial charge in [-0.1, -0.05) is 48.0 Å². The fraction of sp³-hybridized carbons (Fsp3) is 0.192. The molecule has 1 amide bonds. The largest absolute Gasteiger partial charge is 0.305 e. The van der Waals surface area contributed by atoms with Crippen LogP contribution < -0.4 is 10.5 Å². The van der Waals surface area contributed by atoms with Crippen molar-refractivity contribution in [2.24, 2.45) is 0 Å². The molecular weight excluding hydrogens is 386 g/mol. The van der Waals surface area contributed by atoms with Gasteiger partial charge in [-0.3, -0.25) is 14.2 Å². The number of pyridine rings is 2. The predicted molar refractivity (Wildman–Crippen MR) is 123 cm³/mol. The molecule has 0 fully saturated rings. The summed E-state index contributed by atoms with van der Waals surface area (Å²) >= 11 is 0. The van der Waals surface area contributed by atoms with Crippen molar-refractivity contribution < 1.29 is 4.79 Å². The normalized spacial score (nSPS) is 15.3. The third-order valence-electron chi connectivity index (χ3n) is 5.97. The molecule has 0 N–H and O–H groups in total. The first-order valence-corrected chi connectivity index (χ1v) is 10.5. The topological polar surface area (TPSA) is 55.2 Å². The lowest BCUT2D eigenvalue weighted by Crippen LogP contribution is -2.40. The van der Waals surface area contributed by atoms with Crippen LogP contribution in [0.15, 0.2) is 77.7 Å². The molecule has 5 heteroatoms. The molecule has 0 radical (unpaired) electrons. The third kappa shape index (κ3) is 3.32. The van der Waals surface area contributed by atoms with Crippen molar-refractivity contribution in [3.05, 3.63) is 106 Å². The summed E-state index contributed by atoms with van der Waals surface area (Å²) in [6, 6.07) is 21.4. The Morgan fingerprint density at radius 3 is 2.65 bits per heavy atom. The van der Waals surface area contributed by atoms with Gasteiger partial charge in [-0.25, -0.2) is 4.98 Å². The second kappa shape index (κ2) is 7.51. The third-order valence-corrected chi connectivity index (χ3v) is 5.97. The van der Waals surface area contributed by atoms with Crippen molar-refractivity contribution in [1.82, 2.24) is 9.55 Å². The van der Waals surface area contributed by atoms with E-state index in [4.69, 9.17) is 0 Å². The number of carbonyl (C=O) groups is 1. The maximum absolute atomic E-state index is 13.6. The summed E-state index contributed by atoms with van der Waals surface area (Å²) in [7, 11) is 0. The van der Waals surface area contributed by atoms with Crippen LogP contribution >= 0.6 is 0 Å². The summed E-state index contributed by atoms with van der Waals surface area (Å²) in [6.45, 7) is 4.41. The predicted octanol–water partition coefficient (Wildman–Crippen LogP) is 4.34. The van der Waals surface area contributed by atoms with E-state index in [0.29, 0.717) is 12.2 Å². The fourth-order valence-corrected chi connectivity index (χ4v) is 4.39. The highest BCUT2D eigenvalue weighted by molar-refractivity contribution is 6.08. The van der Waals surface area contributed by atoms with Crippen LogP contribution in [0.5, 0.6) is 0 Å². The molecule has 2 aromatic carbocycles. The van der Waals surface area contributed by atoms with Crippen LogP contribution in [0.2, 0.25) is 0 Å². The fourth-order valence-electron chi connectivity index (χ4n) is 4.39. The molecule has 0 spiro atoms. The van der Waals surface area contributed by atoms with E-state index in [0.717, 1.165) is 34.2 Å². The maximum atomic E-state index is 13.6. The first kappa shape index (κ1) is 19.2. The standard InChI is InChI=1S/C26H23N3O2/c1-17-9-11-19(12-10-17)16-28-24-21(7-5-13-27-24)15-22(25(28)30)26(31)29-18(2)14-20-6-3-4-8-23(20)29/h3-13,15,18H,14,16H2,1-2H3. The Hall–Kier alpha value is -3.73. The molecule has 31 heavy (non-hydrogen) atoms. The van der Waals surface area contributed by atoms with Crippen LogP contribution in [-0.4, -0.2) is 21.5 Å². The number of benzene rings is 2. The Morgan fingerprint density at radius 2 is 1.84 bits per heavy atom. The zero-order valence-electron chi connectivity index (χ0n) is 17.6. The number of aryl methyl sites for hydroxylation is 1. The van der Waals surface area contributed by atoms with E-state index < -0.39 is 0 Å². The molecule has 3 heterocycles. The SMILES string of the molecule is Cc1ccc(Cn2c(=O)c(C(=O)N3c4ccccc4CC3C)cc3cccnc32)cc1. The van der Waals surface area contributed by atoms with E-state index in [1.54, 1.807) is 21.7 Å². The van der Waals surface area contributed by atoms with Gasteiger partial charge in [-0.2, -0.15) is 0 Å². The van der Waals surface area contributed by atoms with Crippen molar-refractivity contribution in [2.45, 2.75) is 32.9 Å². The minimum atomic E-state index is -0.312. The molecule has 1 atom stereocenters. The quantitative estimate of drug-likeness (QED) is 0.506. The monoisotopic (exact) mass is 409 g/mol. The Balaban J connectivity index is 1.64. The number of anilines is 1. The van der Waals surface area contributed by atoms with Crippen molar-refractivity contribution in [3.63, 3.8) is 0 Å². The number of rotatable bonds is 3. The molecule has 0 saturated heterocycles. The summed E-state index contributed by atoms with van der Waals surface area (Å²) in [4.78, 5) is 33.4. The molecule has 5 rings (SSSR count). The van der Waals surface area contributed by atoms with E-state index in [9.17, 15) is 9.59 Å². The Morgan fingerprint density at radius 1 is 1.06 bits per heavy atom. The van der Waals surface area contributed by atoms with E-state index in [-0.39, 0.29) is 23.1 Å². The molecule has 1 unspecified atom stereocenters. The van der Waals surface area contributed by atoms with Crippen molar-refractivity contribution >= 4 is 22.6 Å². The molecule has 5 nitrogen and oxygen atoms in total. The van der Waals surface area contributed by atoms with Gasteiger partial charge in [0.1, 0.15) is 11.2 Å². The van der Waals surface area contributed by atoms with Crippen LogP contribution in [0, 0.1) is 6.92 Å². The lowest BCUT2D eigenvalue weighted by Gasteiger charge is -2.23. The zero-order chi connectivity index (χ0) is 21.5. The van der Waals surface area contributed by atoms with E-state index >= 15 is 0 Å². The average Bonchev–Trinajstić information content (AvgIpc) is 3.12. The molecular formula is C26H23N3O2. The van der Waals surface area contributed by atoms with Gasteiger partial charge in [0.05, 0.1) is 6.54 Å². The molecule has 0 aliphatic carbocycles. The van der Waals surface area contributed by atoms with Gasteiger partial charge >= 0.3 is 0 Å². The summed E-state index contributed by atoms with van der Waals surface area (Å²) < 4.78 is 1.61. The molecule has 1 aliphatic rings. The zero-order valence-corrected chi connectivity index (χ0v) is 17.6. The van der Waals surface area contributed by atoms with Crippen molar-refractivity contribution in [2.75, 3.05) is 4.90 Å². The summed E-state index contributed by atoms with van der Waals surface area (Å²) in [5, 5.41) is 0.776. The maximum Gasteiger partial charge on any atom is 0.265 e. The highest BCUT2D eigenvalue weighted by Gasteiger charge is 2.33. The number of nitrogens with zero attached hydrogens (tertiary/aromatic N) is 3. The molecule has 0 bridgehead atoms. The van der Waals surface area contributed by atoms with Crippen LogP contribution in [0.1, 0.15) is 34.0 Å². The van der Waals surface area contributed by atoms with E-state index in [1.807, 2.05) is 74.5 Å². The number of amides is 1. The number of fused-ring (bicyclic) bond motifs is 2. The van der Waals surface area contributed by atoms with Gasteiger partial charge in [0.15, 0.2) is 0 Å². The number of carbonyl (C=O) groups excluding carboxylic acids is 1. The van der Waals surface area contributed by atoms with Crippen LogP contribution in [0.3, 0.4) is 0 Å². The van der Waals surface area contributed by atoms with E-state index in [2.05, 4.69) is 4.98 Å². The van der Waals surface area contributed by atoms with Crippen LogP contribution in [0.25, 0.3) is 11.0 Å². The lowest BCUT2D eigenvalue weighted by molar-refractivity contribution is 0.0979. The molecule has 1 aliphatic heterocycles. The number of aromatic nitrogens is 2. The van der Waals surface area contributed by atoms with Gasteiger partial charge in [0.2, 0.25) is 0 Å². The molecule has 154 valence electrons. The number of hydrogen-bond acceptors (Lipinski definition) is 3. The minimum Gasteiger partial charge on any atom is -0.305 e. The number of para-hydroxylation sites is 1. The van der Waals surface area contributed by atoms with Crippen molar-refractivity contribution in [1.29, 1.82) is 0 Å².